The van der Waals surface area contributed by atoms with E-state index < -0.39 is 165 Å². The number of carbonyl (C=O) groups is 1. The van der Waals surface area contributed by atoms with Gasteiger partial charge in [0.05, 0.1) is 38.1 Å². The topological polar surface area (TPSA) is 374 Å². The molecule has 0 aromatic heterocycles. The summed E-state index contributed by atoms with van der Waals surface area (Å²) in [4.78, 5) is 12.6. The van der Waals surface area contributed by atoms with Crippen LogP contribution in [0.1, 0.15) is 113 Å². The summed E-state index contributed by atoms with van der Waals surface area (Å²) in [5, 5.41) is 151. The van der Waals surface area contributed by atoms with Gasteiger partial charge in [-0.15, -0.1) is 0 Å². The van der Waals surface area contributed by atoms with E-state index in [-0.39, 0.29) is 46.0 Å². The number of fused-ring (bicyclic) bond motifs is 7. The molecule has 30 unspecified atom stereocenters. The fourth-order valence-corrected chi connectivity index (χ4v) is 16.6. The molecule has 0 spiro atoms. The third kappa shape index (κ3) is 9.70. The van der Waals surface area contributed by atoms with Crippen molar-refractivity contribution in [3.8, 4) is 0 Å². The van der Waals surface area contributed by atoms with Crippen LogP contribution in [0.5, 0.6) is 0 Å². The fraction of sp³-hybridized carbons (Fsp3) is 0.944. The van der Waals surface area contributed by atoms with Crippen LogP contribution in [0.2, 0.25) is 0 Å². The highest BCUT2D eigenvalue weighted by Crippen LogP contribution is 2.76. The van der Waals surface area contributed by atoms with E-state index in [0.717, 1.165) is 32.1 Å². The molecular weight excluding hydrogens is 1020 g/mol. The van der Waals surface area contributed by atoms with Crippen molar-refractivity contribution in [1.29, 1.82) is 0 Å². The molecule has 4 heterocycles. The summed E-state index contributed by atoms with van der Waals surface area (Å²) in [6.45, 7) is 15.3. The van der Waals surface area contributed by atoms with Gasteiger partial charge in [0.15, 0.2) is 31.3 Å². The number of hydrogen-bond acceptors (Lipinski definition) is 22. The predicted octanol–water partition coefficient (Wildman–Crippen LogP) is -1.47. The number of ether oxygens (including phenoxy) is 8. The van der Waals surface area contributed by atoms with E-state index >= 15 is 0 Å². The zero-order valence-electron chi connectivity index (χ0n) is 45.4. The minimum absolute atomic E-state index is 0.0886. The molecule has 0 radical (unpaired) electrons. The zero-order valence-corrected chi connectivity index (χ0v) is 45.4. The number of carboxylic acids is 1. The van der Waals surface area contributed by atoms with Gasteiger partial charge in [0, 0.05) is 10.8 Å². The highest BCUT2D eigenvalue weighted by Gasteiger charge is 2.70. The molecule has 14 N–H and O–H groups in total. The second-order valence-corrected chi connectivity index (χ2v) is 26.4. The third-order valence-corrected chi connectivity index (χ3v) is 21.6. The van der Waals surface area contributed by atoms with Crippen LogP contribution < -0.4 is 0 Å². The van der Waals surface area contributed by atoms with Crippen LogP contribution in [0.25, 0.3) is 0 Å². The quantitative estimate of drug-likeness (QED) is 0.0783. The lowest BCUT2D eigenvalue weighted by atomic mass is 9.33. The SMILES string of the molecule is CC1OC(OC2C(OC3C(OC4CCC5(C)C(CCC6(C)C5CC=C5C7CC(C)(C)CC(OC8OC(CO)C(O)C(O)C8O)C7(C)CCC56C)C4(C)CO)OC(C(=O)O)C(O)C3O)OC(CO)C(O)C2O)C(O)C(O)C1O. The van der Waals surface area contributed by atoms with Crippen molar-refractivity contribution in [3.63, 3.8) is 0 Å². The molecule has 5 aliphatic carbocycles. The van der Waals surface area contributed by atoms with Crippen LogP contribution in [0, 0.1) is 50.2 Å². The number of hydrogen-bond donors (Lipinski definition) is 14. The molecule has 0 aromatic carbocycles. The predicted molar refractivity (Wildman–Crippen MR) is 263 cm³/mol. The first-order valence-corrected chi connectivity index (χ1v) is 27.8. The maximum absolute atomic E-state index is 12.6. The molecule has 30 atom stereocenters. The first-order chi connectivity index (χ1) is 36.0. The van der Waals surface area contributed by atoms with Crippen LogP contribution in [-0.2, 0) is 42.7 Å². The van der Waals surface area contributed by atoms with Gasteiger partial charge in [0.25, 0.3) is 0 Å². The van der Waals surface area contributed by atoms with Crippen LogP contribution in [0.3, 0.4) is 0 Å². The molecule has 0 aromatic rings. The van der Waals surface area contributed by atoms with Crippen molar-refractivity contribution in [2.75, 3.05) is 19.8 Å². The van der Waals surface area contributed by atoms with Crippen molar-refractivity contribution < 1.29 is 114 Å². The van der Waals surface area contributed by atoms with Crippen LogP contribution in [0.4, 0.5) is 0 Å². The average Bonchev–Trinajstić information content (AvgIpc) is 3.58. The Kier molecular flexibility index (Phi) is 16.8. The Bertz CT molecular complexity index is 2130. The Balaban J connectivity index is 0.978. The van der Waals surface area contributed by atoms with Gasteiger partial charge < -0.3 is 109 Å². The Labute approximate surface area is 449 Å². The lowest BCUT2D eigenvalue weighted by Crippen LogP contribution is -2.68. The lowest BCUT2D eigenvalue weighted by Gasteiger charge is -2.72. The van der Waals surface area contributed by atoms with Gasteiger partial charge in [-0.25, -0.2) is 4.79 Å². The first kappa shape index (κ1) is 60.0. The van der Waals surface area contributed by atoms with Crippen LogP contribution >= 0.6 is 0 Å². The molecule has 4 saturated heterocycles. The van der Waals surface area contributed by atoms with Crippen molar-refractivity contribution >= 4 is 5.97 Å². The van der Waals surface area contributed by atoms with Crippen molar-refractivity contribution in [3.05, 3.63) is 11.6 Å². The number of aliphatic hydroxyl groups excluding tert-OH is 13. The lowest BCUT2D eigenvalue weighted by molar-refractivity contribution is -0.396. The molecule has 442 valence electrons. The van der Waals surface area contributed by atoms with Gasteiger partial charge >= 0.3 is 5.97 Å². The molecule has 0 bridgehead atoms. The summed E-state index contributed by atoms with van der Waals surface area (Å²) >= 11 is 0. The summed E-state index contributed by atoms with van der Waals surface area (Å²) < 4.78 is 48.9. The van der Waals surface area contributed by atoms with E-state index in [1.807, 2.05) is 6.92 Å². The second kappa shape index (κ2) is 21.5. The molecule has 4 saturated carbocycles. The average molecular weight is 1110 g/mol. The van der Waals surface area contributed by atoms with Gasteiger partial charge in [0.1, 0.15) is 85.5 Å². The normalized spacial score (nSPS) is 55.7. The number of carboxylic acid groups (broad SMARTS) is 1. The highest BCUT2D eigenvalue weighted by atomic mass is 16.8. The Morgan fingerprint density at radius 2 is 1.10 bits per heavy atom. The van der Waals surface area contributed by atoms with E-state index in [9.17, 15) is 76.3 Å². The first-order valence-electron chi connectivity index (χ1n) is 27.8. The fourth-order valence-electron chi connectivity index (χ4n) is 16.6. The Morgan fingerprint density at radius 1 is 0.558 bits per heavy atom. The molecule has 23 nitrogen and oxygen atoms in total. The summed E-state index contributed by atoms with van der Waals surface area (Å²) in [7, 11) is 0. The Hall–Kier alpha value is -1.63. The summed E-state index contributed by atoms with van der Waals surface area (Å²) in [5.74, 6) is -1.57. The maximum Gasteiger partial charge on any atom is 0.335 e. The molecule has 77 heavy (non-hydrogen) atoms. The highest BCUT2D eigenvalue weighted by molar-refractivity contribution is 5.73. The van der Waals surface area contributed by atoms with E-state index in [2.05, 4.69) is 47.6 Å². The molecular formula is C54H88O23. The van der Waals surface area contributed by atoms with Gasteiger partial charge in [-0.1, -0.05) is 60.1 Å². The molecule has 4 aliphatic heterocycles. The van der Waals surface area contributed by atoms with Crippen LogP contribution in [-0.4, -0.2) is 232 Å². The van der Waals surface area contributed by atoms with E-state index in [0.29, 0.717) is 25.7 Å². The minimum Gasteiger partial charge on any atom is -0.479 e. The van der Waals surface area contributed by atoms with Crippen molar-refractivity contribution in [2.45, 2.75) is 248 Å². The molecule has 0 amide bonds. The molecule has 8 fully saturated rings. The smallest absolute Gasteiger partial charge is 0.335 e. The number of rotatable bonds is 12. The van der Waals surface area contributed by atoms with Gasteiger partial charge in [-0.3, -0.25) is 0 Å². The number of aliphatic carboxylic acids is 1. The number of aliphatic hydroxyl groups is 13. The second-order valence-electron chi connectivity index (χ2n) is 26.4. The summed E-state index contributed by atoms with van der Waals surface area (Å²) in [5.41, 5.74) is -1.06. The molecule has 9 aliphatic rings. The van der Waals surface area contributed by atoms with Crippen LogP contribution in [0.15, 0.2) is 11.6 Å². The summed E-state index contributed by atoms with van der Waals surface area (Å²) in [6.07, 6.45) is -26.2. The standard InChI is InChI=1S/C54H88O23/c1-22-31(58)34(61)39(66)45(70-22)76-42-36(63)33(60)26(20-56)72-47(42)77-43-38(65)37(64)41(44(68)69)75-48(43)73-29-12-13-51(5)27(52(29,6)21-57)11-14-54(8)28(51)10-9-23-24-17-49(2,3)18-30(50(24,4)15-16-53(23,54)7)74-46-40(67)35(62)32(59)25(19-55)71-46/h9,22,24-43,45-48,55-67H,10-21H2,1-8H3,(H,68,69). The van der Waals surface area contributed by atoms with E-state index in [4.69, 9.17) is 37.9 Å². The largest absolute Gasteiger partial charge is 0.479 e. The third-order valence-electron chi connectivity index (χ3n) is 21.6. The van der Waals surface area contributed by atoms with Gasteiger partial charge in [-0.2, -0.15) is 0 Å². The van der Waals surface area contributed by atoms with Crippen molar-refractivity contribution in [2.24, 2.45) is 50.2 Å². The minimum atomic E-state index is -2.11. The number of allylic oxidation sites excluding steroid dienone is 2. The molecule has 9 rings (SSSR count). The molecule has 23 heteroatoms. The van der Waals surface area contributed by atoms with E-state index in [1.54, 1.807) is 0 Å². The van der Waals surface area contributed by atoms with Gasteiger partial charge in [-0.05, 0) is 104 Å². The van der Waals surface area contributed by atoms with Gasteiger partial charge in [0.2, 0.25) is 0 Å². The maximum atomic E-state index is 12.6. The van der Waals surface area contributed by atoms with E-state index in [1.165, 1.54) is 12.5 Å². The monoisotopic (exact) mass is 1100 g/mol. The summed E-state index contributed by atoms with van der Waals surface area (Å²) in [6, 6.07) is 0. The zero-order chi connectivity index (χ0) is 56.4. The van der Waals surface area contributed by atoms with Crippen molar-refractivity contribution in [1.82, 2.24) is 0 Å². The Morgan fingerprint density at radius 3 is 1.71 bits per heavy atom.